The van der Waals surface area contributed by atoms with Gasteiger partial charge in [-0.1, -0.05) is 18.5 Å². The zero-order chi connectivity index (χ0) is 18.4. The molecule has 0 atom stereocenters. The Morgan fingerprint density at radius 3 is 2.64 bits per heavy atom. The molecule has 1 amide bonds. The van der Waals surface area contributed by atoms with Crippen LogP contribution in [0.4, 0.5) is 5.69 Å². The van der Waals surface area contributed by atoms with Gasteiger partial charge in [0.1, 0.15) is 5.75 Å². The molecule has 0 aliphatic rings. The Morgan fingerprint density at radius 1 is 1.24 bits per heavy atom. The Bertz CT molecular complexity index is 799. The van der Waals surface area contributed by atoms with E-state index < -0.39 is 0 Å². The lowest BCUT2D eigenvalue weighted by molar-refractivity contribution is 0.0977. The van der Waals surface area contributed by atoms with Crippen LogP contribution in [0.1, 0.15) is 29.8 Å². The summed E-state index contributed by atoms with van der Waals surface area (Å²) in [6.07, 6.45) is 0.865. The molecule has 0 bridgehead atoms. The summed E-state index contributed by atoms with van der Waals surface area (Å²) in [5, 5.41) is 6.37. The van der Waals surface area contributed by atoms with Crippen molar-refractivity contribution in [1.82, 2.24) is 5.32 Å². The number of amides is 1. The van der Waals surface area contributed by atoms with E-state index in [0.29, 0.717) is 22.9 Å². The SMILES string of the molecule is CCOc1ccc(C(=O)NC(=S)Nc2ccc(I)cc2CC)cc1Cl. The van der Waals surface area contributed by atoms with E-state index in [1.165, 1.54) is 0 Å². The Hall–Kier alpha value is -1.38. The first-order valence-corrected chi connectivity index (χ1v) is 9.64. The molecule has 0 spiro atoms. The van der Waals surface area contributed by atoms with E-state index in [1.54, 1.807) is 18.2 Å². The molecule has 4 nitrogen and oxygen atoms in total. The highest BCUT2D eigenvalue weighted by Crippen LogP contribution is 2.25. The Labute approximate surface area is 171 Å². The summed E-state index contributed by atoms with van der Waals surface area (Å²) < 4.78 is 6.52. The molecule has 0 saturated carbocycles. The minimum atomic E-state index is -0.328. The van der Waals surface area contributed by atoms with Gasteiger partial charge in [-0.25, -0.2) is 0 Å². The van der Waals surface area contributed by atoms with Crippen LogP contribution in [0.3, 0.4) is 0 Å². The maximum atomic E-state index is 12.3. The maximum absolute atomic E-state index is 12.3. The number of rotatable bonds is 5. The lowest BCUT2D eigenvalue weighted by Gasteiger charge is -2.13. The summed E-state index contributed by atoms with van der Waals surface area (Å²) >= 11 is 13.6. The molecule has 2 aromatic carbocycles. The first-order valence-electron chi connectivity index (χ1n) is 7.77. The molecule has 0 aromatic heterocycles. The van der Waals surface area contributed by atoms with Gasteiger partial charge in [0.05, 0.1) is 11.6 Å². The van der Waals surface area contributed by atoms with Crippen LogP contribution in [0.5, 0.6) is 5.75 Å². The summed E-state index contributed by atoms with van der Waals surface area (Å²) in [5.74, 6) is 0.221. The molecule has 0 aliphatic carbocycles. The number of carbonyl (C=O) groups excluding carboxylic acids is 1. The molecule has 0 saturated heterocycles. The molecular formula is C18H18ClIN2O2S. The number of carbonyl (C=O) groups is 1. The summed E-state index contributed by atoms with van der Waals surface area (Å²) in [6, 6.07) is 10.9. The zero-order valence-electron chi connectivity index (χ0n) is 13.9. The van der Waals surface area contributed by atoms with Gasteiger partial charge in [-0.15, -0.1) is 0 Å². The third-order valence-electron chi connectivity index (χ3n) is 3.42. The number of benzene rings is 2. The number of nitrogens with one attached hydrogen (secondary N) is 2. The third kappa shape index (κ3) is 5.55. The Balaban J connectivity index is 2.05. The highest BCUT2D eigenvalue weighted by Gasteiger charge is 2.12. The van der Waals surface area contributed by atoms with E-state index in [1.807, 2.05) is 19.1 Å². The highest BCUT2D eigenvalue weighted by atomic mass is 127. The Kier molecular flexibility index (Phi) is 7.46. The van der Waals surface area contributed by atoms with Crippen LogP contribution in [0.15, 0.2) is 36.4 Å². The second-order valence-corrected chi connectivity index (χ2v) is 7.20. The zero-order valence-corrected chi connectivity index (χ0v) is 17.6. The van der Waals surface area contributed by atoms with Crippen molar-refractivity contribution >= 4 is 63.1 Å². The van der Waals surface area contributed by atoms with Gasteiger partial charge in [0.15, 0.2) is 5.11 Å². The first-order chi connectivity index (χ1) is 11.9. The quantitative estimate of drug-likeness (QED) is 0.458. The van der Waals surface area contributed by atoms with Gasteiger partial charge in [0.25, 0.3) is 5.91 Å². The lowest BCUT2D eigenvalue weighted by atomic mass is 10.1. The van der Waals surface area contributed by atoms with Crippen molar-refractivity contribution in [3.63, 3.8) is 0 Å². The van der Waals surface area contributed by atoms with E-state index >= 15 is 0 Å². The highest BCUT2D eigenvalue weighted by molar-refractivity contribution is 14.1. The molecule has 132 valence electrons. The minimum absolute atomic E-state index is 0.242. The molecule has 0 fully saturated rings. The second-order valence-electron chi connectivity index (χ2n) is 5.14. The first kappa shape index (κ1) is 19.9. The van der Waals surface area contributed by atoms with Crippen molar-refractivity contribution in [3.8, 4) is 5.75 Å². The largest absolute Gasteiger partial charge is 0.492 e. The number of aryl methyl sites for hydroxylation is 1. The van der Waals surface area contributed by atoms with Gasteiger partial charge in [-0.2, -0.15) is 0 Å². The fourth-order valence-corrected chi connectivity index (χ4v) is 3.21. The van der Waals surface area contributed by atoms with Gasteiger partial charge in [-0.3, -0.25) is 10.1 Å². The van der Waals surface area contributed by atoms with E-state index in [9.17, 15) is 4.79 Å². The standard InChI is InChI=1S/C18H18ClIN2O2S/c1-3-11-9-13(20)6-7-15(11)21-18(25)22-17(23)12-5-8-16(24-4-2)14(19)10-12/h5-10H,3-4H2,1-2H3,(H2,21,22,23,25). The molecule has 0 radical (unpaired) electrons. The van der Waals surface area contributed by atoms with Crippen LogP contribution < -0.4 is 15.4 Å². The summed E-state index contributed by atoms with van der Waals surface area (Å²) in [7, 11) is 0. The number of halogens is 2. The van der Waals surface area contributed by atoms with Gasteiger partial charge < -0.3 is 10.1 Å². The number of hydrogen-bond acceptors (Lipinski definition) is 3. The van der Waals surface area contributed by atoms with Crippen molar-refractivity contribution in [1.29, 1.82) is 0 Å². The normalized spacial score (nSPS) is 10.2. The van der Waals surface area contributed by atoms with Crippen molar-refractivity contribution < 1.29 is 9.53 Å². The van der Waals surface area contributed by atoms with E-state index in [-0.39, 0.29) is 11.0 Å². The van der Waals surface area contributed by atoms with Gasteiger partial charge in [0.2, 0.25) is 0 Å². The average molecular weight is 489 g/mol. The van der Waals surface area contributed by atoms with Crippen LogP contribution >= 0.6 is 46.4 Å². The fraction of sp³-hybridized carbons (Fsp3) is 0.222. The molecule has 2 rings (SSSR count). The second kappa shape index (κ2) is 9.35. The Morgan fingerprint density at radius 2 is 2.00 bits per heavy atom. The summed E-state index contributed by atoms with van der Waals surface area (Å²) in [4.78, 5) is 12.3. The number of anilines is 1. The van der Waals surface area contributed by atoms with Crippen molar-refractivity contribution in [2.45, 2.75) is 20.3 Å². The third-order valence-corrected chi connectivity index (χ3v) is 4.59. The predicted molar refractivity (Wildman–Crippen MR) is 115 cm³/mol. The van der Waals surface area contributed by atoms with Gasteiger partial charge >= 0.3 is 0 Å². The van der Waals surface area contributed by atoms with E-state index in [2.05, 4.69) is 46.2 Å². The van der Waals surface area contributed by atoms with Crippen LogP contribution in [-0.2, 0) is 6.42 Å². The molecule has 25 heavy (non-hydrogen) atoms. The summed E-state index contributed by atoms with van der Waals surface area (Å²) in [5.41, 5.74) is 2.43. The molecule has 2 N–H and O–H groups in total. The van der Waals surface area contributed by atoms with Crippen LogP contribution in [0, 0.1) is 3.57 Å². The van der Waals surface area contributed by atoms with Crippen LogP contribution in [-0.4, -0.2) is 17.6 Å². The molecule has 2 aromatic rings. The predicted octanol–water partition coefficient (Wildman–Crippen LogP) is 5.03. The molecule has 7 heteroatoms. The van der Waals surface area contributed by atoms with Crippen molar-refractivity contribution in [2.24, 2.45) is 0 Å². The monoisotopic (exact) mass is 488 g/mol. The topological polar surface area (TPSA) is 50.4 Å². The maximum Gasteiger partial charge on any atom is 0.257 e. The van der Waals surface area contributed by atoms with Crippen molar-refractivity contribution in [3.05, 3.63) is 56.1 Å². The molecule has 0 heterocycles. The average Bonchev–Trinajstić information content (AvgIpc) is 2.58. The van der Waals surface area contributed by atoms with E-state index in [4.69, 9.17) is 28.6 Å². The van der Waals surface area contributed by atoms with Crippen LogP contribution in [0.2, 0.25) is 5.02 Å². The smallest absolute Gasteiger partial charge is 0.257 e. The fourth-order valence-electron chi connectivity index (χ4n) is 2.22. The lowest BCUT2D eigenvalue weighted by Crippen LogP contribution is -2.34. The number of ether oxygens (including phenoxy) is 1. The van der Waals surface area contributed by atoms with E-state index in [0.717, 1.165) is 21.2 Å². The molecular weight excluding hydrogens is 471 g/mol. The molecule has 0 unspecified atom stereocenters. The van der Waals surface area contributed by atoms with Gasteiger partial charge in [-0.05, 0) is 90.1 Å². The summed E-state index contributed by atoms with van der Waals surface area (Å²) in [6.45, 7) is 4.45. The number of hydrogen-bond donors (Lipinski definition) is 2. The number of thiocarbonyl (C=S) groups is 1. The van der Waals surface area contributed by atoms with Gasteiger partial charge in [0, 0.05) is 14.8 Å². The van der Waals surface area contributed by atoms with Crippen LogP contribution in [0.25, 0.3) is 0 Å². The molecule has 0 aliphatic heterocycles. The minimum Gasteiger partial charge on any atom is -0.492 e. The van der Waals surface area contributed by atoms with Crippen molar-refractivity contribution in [2.75, 3.05) is 11.9 Å².